The number of Topliss-reactive ketones (excluding diaryl/α,β-unsaturated/α-hetero) is 1. The number of benzene rings is 2. The summed E-state index contributed by atoms with van der Waals surface area (Å²) in [5.41, 5.74) is 2.42. The second-order valence-corrected chi connectivity index (χ2v) is 5.72. The molecule has 2 rings (SSSR count). The third kappa shape index (κ3) is 3.13. The van der Waals surface area contributed by atoms with Gasteiger partial charge in [0.05, 0.1) is 0 Å². The maximum Gasteiger partial charge on any atom is 0.147 e. The molecule has 0 radical (unpaired) electrons. The van der Waals surface area contributed by atoms with E-state index in [1.165, 1.54) is 17.7 Å². The van der Waals surface area contributed by atoms with Crippen LogP contribution in [0.2, 0.25) is 0 Å². The standard InChI is InChI=1S/C18H19FO/c1-13-4-6-14(7-5-13)12-17(20)18(2,3)15-8-10-16(19)11-9-15/h4-11H,12H2,1-3H3. The second kappa shape index (κ2) is 5.58. The predicted molar refractivity (Wildman–Crippen MR) is 79.3 cm³/mol. The van der Waals surface area contributed by atoms with Crippen molar-refractivity contribution >= 4 is 5.78 Å². The largest absolute Gasteiger partial charge is 0.298 e. The fraction of sp³-hybridized carbons (Fsp3) is 0.278. The normalized spacial score (nSPS) is 11.4. The van der Waals surface area contributed by atoms with E-state index in [1.807, 2.05) is 45.0 Å². The monoisotopic (exact) mass is 270 g/mol. The molecule has 0 aromatic heterocycles. The molecule has 0 aliphatic carbocycles. The lowest BCUT2D eigenvalue weighted by Crippen LogP contribution is -2.30. The molecule has 0 atom stereocenters. The first-order valence-corrected chi connectivity index (χ1v) is 6.74. The number of halogens is 1. The van der Waals surface area contributed by atoms with Crippen molar-refractivity contribution in [3.05, 3.63) is 71.0 Å². The second-order valence-electron chi connectivity index (χ2n) is 5.72. The Morgan fingerprint density at radius 2 is 1.55 bits per heavy atom. The zero-order valence-electron chi connectivity index (χ0n) is 12.1. The minimum Gasteiger partial charge on any atom is -0.298 e. The molecule has 0 aliphatic heterocycles. The van der Waals surface area contributed by atoms with Gasteiger partial charge in [-0.3, -0.25) is 4.79 Å². The Balaban J connectivity index is 2.18. The fourth-order valence-electron chi connectivity index (χ4n) is 2.14. The van der Waals surface area contributed by atoms with E-state index in [0.717, 1.165) is 11.1 Å². The average molecular weight is 270 g/mol. The van der Waals surface area contributed by atoms with Gasteiger partial charge < -0.3 is 0 Å². The van der Waals surface area contributed by atoms with Crippen LogP contribution in [0.4, 0.5) is 4.39 Å². The maximum absolute atomic E-state index is 13.0. The number of carbonyl (C=O) groups excluding carboxylic acids is 1. The molecule has 0 unspecified atom stereocenters. The van der Waals surface area contributed by atoms with Gasteiger partial charge in [0.2, 0.25) is 0 Å². The summed E-state index contributed by atoms with van der Waals surface area (Å²) in [5.74, 6) is -0.150. The first-order valence-electron chi connectivity index (χ1n) is 6.74. The summed E-state index contributed by atoms with van der Waals surface area (Å²) in [6.07, 6.45) is 0.394. The molecule has 0 N–H and O–H groups in total. The van der Waals surface area contributed by atoms with Crippen LogP contribution in [0, 0.1) is 12.7 Å². The highest BCUT2D eigenvalue weighted by Crippen LogP contribution is 2.26. The van der Waals surface area contributed by atoms with E-state index in [-0.39, 0.29) is 11.6 Å². The maximum atomic E-state index is 13.0. The van der Waals surface area contributed by atoms with Crippen LogP contribution in [-0.2, 0) is 16.6 Å². The molecule has 104 valence electrons. The van der Waals surface area contributed by atoms with E-state index in [1.54, 1.807) is 12.1 Å². The summed E-state index contributed by atoms with van der Waals surface area (Å²) in [6, 6.07) is 14.1. The van der Waals surface area contributed by atoms with E-state index < -0.39 is 5.41 Å². The Bertz CT molecular complexity index is 594. The minimum absolute atomic E-state index is 0.132. The van der Waals surface area contributed by atoms with Gasteiger partial charge in [0.1, 0.15) is 11.6 Å². The summed E-state index contributed by atoms with van der Waals surface area (Å²) in [4.78, 5) is 12.5. The van der Waals surface area contributed by atoms with Crippen molar-refractivity contribution < 1.29 is 9.18 Å². The van der Waals surface area contributed by atoms with Crippen molar-refractivity contribution in [2.24, 2.45) is 0 Å². The Hall–Kier alpha value is -1.96. The van der Waals surface area contributed by atoms with Crippen molar-refractivity contribution in [3.8, 4) is 0 Å². The first-order chi connectivity index (χ1) is 9.39. The molecule has 0 fully saturated rings. The van der Waals surface area contributed by atoms with Gasteiger partial charge in [0, 0.05) is 11.8 Å². The molecular weight excluding hydrogens is 251 g/mol. The number of ketones is 1. The Labute approximate surface area is 119 Å². The molecule has 0 spiro atoms. The highest BCUT2D eigenvalue weighted by Gasteiger charge is 2.29. The summed E-state index contributed by atoms with van der Waals surface area (Å²) < 4.78 is 13.0. The number of rotatable bonds is 4. The van der Waals surface area contributed by atoms with E-state index in [0.29, 0.717) is 6.42 Å². The van der Waals surface area contributed by atoms with Crippen molar-refractivity contribution in [3.63, 3.8) is 0 Å². The molecule has 2 aromatic rings. The van der Waals surface area contributed by atoms with Crippen molar-refractivity contribution in [2.45, 2.75) is 32.6 Å². The summed E-state index contributed by atoms with van der Waals surface area (Å²) in [5, 5.41) is 0. The van der Waals surface area contributed by atoms with Crippen LogP contribution in [0.3, 0.4) is 0 Å². The average Bonchev–Trinajstić information content (AvgIpc) is 2.42. The van der Waals surface area contributed by atoms with E-state index in [4.69, 9.17) is 0 Å². The minimum atomic E-state index is -0.613. The summed E-state index contributed by atoms with van der Waals surface area (Å²) >= 11 is 0. The summed E-state index contributed by atoms with van der Waals surface area (Å²) in [6.45, 7) is 5.79. The quantitative estimate of drug-likeness (QED) is 0.812. The Kier molecular flexibility index (Phi) is 4.03. The zero-order chi connectivity index (χ0) is 14.8. The molecule has 20 heavy (non-hydrogen) atoms. The molecule has 0 saturated heterocycles. The van der Waals surface area contributed by atoms with Crippen LogP contribution in [-0.4, -0.2) is 5.78 Å². The smallest absolute Gasteiger partial charge is 0.147 e. The van der Waals surface area contributed by atoms with Crippen molar-refractivity contribution in [1.29, 1.82) is 0 Å². The van der Waals surface area contributed by atoms with E-state index >= 15 is 0 Å². The lowest BCUT2D eigenvalue weighted by atomic mass is 9.78. The lowest BCUT2D eigenvalue weighted by molar-refractivity contribution is -0.122. The van der Waals surface area contributed by atoms with Crippen LogP contribution in [0.5, 0.6) is 0 Å². The zero-order valence-corrected chi connectivity index (χ0v) is 12.1. The molecule has 1 nitrogen and oxygen atoms in total. The third-order valence-electron chi connectivity index (χ3n) is 3.75. The molecule has 2 heteroatoms. The molecule has 0 heterocycles. The number of carbonyl (C=O) groups is 1. The number of aryl methyl sites for hydroxylation is 1. The predicted octanol–water partition coefficient (Wildman–Crippen LogP) is 4.22. The SMILES string of the molecule is Cc1ccc(CC(=O)C(C)(C)c2ccc(F)cc2)cc1. The van der Waals surface area contributed by atoms with Gasteiger partial charge in [-0.05, 0) is 44.0 Å². The van der Waals surface area contributed by atoms with Gasteiger partial charge in [-0.2, -0.15) is 0 Å². The Morgan fingerprint density at radius 1 is 1.00 bits per heavy atom. The molecule has 0 saturated carbocycles. The van der Waals surface area contributed by atoms with Gasteiger partial charge in [-0.1, -0.05) is 42.0 Å². The molecule has 0 bridgehead atoms. The third-order valence-corrected chi connectivity index (χ3v) is 3.75. The van der Waals surface area contributed by atoms with E-state index in [2.05, 4.69) is 0 Å². The van der Waals surface area contributed by atoms with Gasteiger partial charge in [0.15, 0.2) is 0 Å². The molecule has 2 aromatic carbocycles. The van der Waals surface area contributed by atoms with Crippen LogP contribution in [0.1, 0.15) is 30.5 Å². The topological polar surface area (TPSA) is 17.1 Å². The van der Waals surface area contributed by atoms with Crippen molar-refractivity contribution in [2.75, 3.05) is 0 Å². The summed E-state index contributed by atoms with van der Waals surface area (Å²) in [7, 11) is 0. The van der Waals surface area contributed by atoms with Crippen molar-refractivity contribution in [1.82, 2.24) is 0 Å². The molecule has 0 amide bonds. The van der Waals surface area contributed by atoms with Gasteiger partial charge in [-0.15, -0.1) is 0 Å². The highest BCUT2D eigenvalue weighted by atomic mass is 19.1. The first kappa shape index (κ1) is 14.4. The van der Waals surface area contributed by atoms with Gasteiger partial charge in [-0.25, -0.2) is 4.39 Å². The number of hydrogen-bond acceptors (Lipinski definition) is 1. The Morgan fingerprint density at radius 3 is 2.10 bits per heavy atom. The highest BCUT2D eigenvalue weighted by molar-refractivity contribution is 5.91. The van der Waals surface area contributed by atoms with Crippen LogP contribution in [0.25, 0.3) is 0 Å². The van der Waals surface area contributed by atoms with Gasteiger partial charge >= 0.3 is 0 Å². The lowest BCUT2D eigenvalue weighted by Gasteiger charge is -2.24. The van der Waals surface area contributed by atoms with Crippen LogP contribution in [0.15, 0.2) is 48.5 Å². The van der Waals surface area contributed by atoms with Crippen LogP contribution >= 0.6 is 0 Å². The number of hydrogen-bond donors (Lipinski definition) is 0. The fourth-order valence-corrected chi connectivity index (χ4v) is 2.14. The van der Waals surface area contributed by atoms with Gasteiger partial charge in [0.25, 0.3) is 0 Å². The molecule has 0 aliphatic rings. The molecular formula is C18H19FO. The van der Waals surface area contributed by atoms with E-state index in [9.17, 15) is 9.18 Å². The van der Waals surface area contributed by atoms with Crippen LogP contribution < -0.4 is 0 Å².